The van der Waals surface area contributed by atoms with E-state index in [0.717, 1.165) is 36.8 Å². The van der Waals surface area contributed by atoms with Gasteiger partial charge in [0, 0.05) is 10.8 Å². The second kappa shape index (κ2) is 6.46. The van der Waals surface area contributed by atoms with Crippen LogP contribution in [0.25, 0.3) is 50.4 Å². The predicted octanol–water partition coefficient (Wildman–Crippen LogP) is 8.19. The van der Waals surface area contributed by atoms with Gasteiger partial charge in [0.1, 0.15) is 11.2 Å². The number of allylic oxidation sites excluding steroid dienone is 2. The summed E-state index contributed by atoms with van der Waals surface area (Å²) in [7, 11) is 0. The Morgan fingerprint density at radius 2 is 1.35 bits per heavy atom. The lowest BCUT2D eigenvalue weighted by Crippen LogP contribution is -2.08. The second-order valence-corrected chi connectivity index (χ2v) is 8.75. The molecular weight excluding hydrogens is 376 g/mol. The van der Waals surface area contributed by atoms with Crippen LogP contribution in [0.3, 0.4) is 0 Å². The Labute approximate surface area is 181 Å². The highest BCUT2D eigenvalue weighted by Crippen LogP contribution is 2.41. The average molecular weight is 399 g/mol. The Hall–Kier alpha value is -3.58. The van der Waals surface area contributed by atoms with Crippen LogP contribution in [0.1, 0.15) is 40.7 Å². The maximum absolute atomic E-state index is 6.04. The van der Waals surface area contributed by atoms with Crippen molar-refractivity contribution in [3.8, 4) is 0 Å². The van der Waals surface area contributed by atoms with Gasteiger partial charge in [0.2, 0.25) is 0 Å². The molecule has 0 saturated heterocycles. The van der Waals surface area contributed by atoms with E-state index in [1.165, 1.54) is 43.8 Å². The molecule has 0 aliphatic heterocycles. The van der Waals surface area contributed by atoms with Crippen LogP contribution in [0.5, 0.6) is 0 Å². The molecule has 2 aliphatic carbocycles. The lowest BCUT2D eigenvalue weighted by molar-refractivity contribution is 0.669. The number of rotatable bonds is 1. The molecule has 5 aromatic rings. The summed E-state index contributed by atoms with van der Waals surface area (Å²) in [6, 6.07) is 23.9. The Bertz CT molecular complexity index is 1580. The van der Waals surface area contributed by atoms with Crippen molar-refractivity contribution >= 4 is 50.4 Å². The summed E-state index contributed by atoms with van der Waals surface area (Å²) in [5.41, 5.74) is 10.7. The maximum Gasteiger partial charge on any atom is 0.135 e. The van der Waals surface area contributed by atoms with Gasteiger partial charge in [-0.1, -0.05) is 66.8 Å². The minimum Gasteiger partial charge on any atom is -0.456 e. The largest absolute Gasteiger partial charge is 0.456 e. The summed E-state index contributed by atoms with van der Waals surface area (Å²) in [5, 5.41) is 5.18. The molecule has 0 amide bonds. The van der Waals surface area contributed by atoms with Crippen molar-refractivity contribution in [3.63, 3.8) is 0 Å². The Morgan fingerprint density at radius 3 is 2.26 bits per heavy atom. The van der Waals surface area contributed by atoms with E-state index in [9.17, 15) is 0 Å². The van der Waals surface area contributed by atoms with Crippen LogP contribution < -0.4 is 0 Å². The zero-order chi connectivity index (χ0) is 20.4. The van der Waals surface area contributed by atoms with Gasteiger partial charge in [-0.05, 0) is 88.0 Å². The minimum atomic E-state index is 0.961. The number of benzene rings is 4. The van der Waals surface area contributed by atoms with Crippen LogP contribution in [0.2, 0.25) is 0 Å². The van der Waals surface area contributed by atoms with Crippen molar-refractivity contribution in [2.24, 2.45) is 0 Å². The molecular formula is C30H22O. The molecule has 0 atom stereocenters. The fourth-order valence-corrected chi connectivity index (χ4v) is 5.62. The highest BCUT2D eigenvalue weighted by Gasteiger charge is 2.22. The fraction of sp³-hybridized carbons (Fsp3) is 0.133. The molecule has 31 heavy (non-hydrogen) atoms. The molecule has 0 bridgehead atoms. The third kappa shape index (κ3) is 2.50. The molecule has 1 heterocycles. The average Bonchev–Trinajstić information content (AvgIpc) is 3.22. The normalized spacial score (nSPS) is 15.3. The Balaban J connectivity index is 1.46. The quantitative estimate of drug-likeness (QED) is 0.277. The highest BCUT2D eigenvalue weighted by molar-refractivity contribution is 6.07. The maximum atomic E-state index is 6.04. The van der Waals surface area contributed by atoms with E-state index in [1.54, 1.807) is 11.1 Å². The third-order valence-corrected chi connectivity index (χ3v) is 7.08. The number of hydrogen-bond acceptors (Lipinski definition) is 1. The van der Waals surface area contributed by atoms with Gasteiger partial charge in [-0.25, -0.2) is 0 Å². The molecule has 1 aromatic heterocycles. The molecule has 0 fully saturated rings. The van der Waals surface area contributed by atoms with Gasteiger partial charge in [-0.15, -0.1) is 0 Å². The zero-order valence-corrected chi connectivity index (χ0v) is 17.3. The van der Waals surface area contributed by atoms with Crippen molar-refractivity contribution in [1.82, 2.24) is 0 Å². The smallest absolute Gasteiger partial charge is 0.135 e. The van der Waals surface area contributed by atoms with Crippen LogP contribution in [-0.2, 0) is 12.8 Å². The topological polar surface area (TPSA) is 13.1 Å². The number of furan rings is 1. The van der Waals surface area contributed by atoms with Crippen LogP contribution in [0.4, 0.5) is 0 Å². The van der Waals surface area contributed by atoms with E-state index in [0.29, 0.717) is 0 Å². The number of para-hydroxylation sites is 1. The van der Waals surface area contributed by atoms with Crippen molar-refractivity contribution in [2.45, 2.75) is 25.7 Å². The first kappa shape index (κ1) is 17.1. The van der Waals surface area contributed by atoms with Gasteiger partial charge in [0.15, 0.2) is 0 Å². The van der Waals surface area contributed by atoms with E-state index in [1.807, 2.05) is 6.07 Å². The Morgan fingerprint density at radius 1 is 0.613 bits per heavy atom. The molecule has 0 unspecified atom stereocenters. The summed E-state index contributed by atoms with van der Waals surface area (Å²) in [4.78, 5) is 0. The van der Waals surface area contributed by atoms with Crippen molar-refractivity contribution in [2.75, 3.05) is 0 Å². The molecule has 1 nitrogen and oxygen atoms in total. The van der Waals surface area contributed by atoms with Gasteiger partial charge < -0.3 is 4.42 Å². The monoisotopic (exact) mass is 398 g/mol. The first-order valence-electron chi connectivity index (χ1n) is 11.2. The van der Waals surface area contributed by atoms with E-state index in [-0.39, 0.29) is 0 Å². The first-order chi connectivity index (χ1) is 15.4. The van der Waals surface area contributed by atoms with E-state index >= 15 is 0 Å². The number of hydrogen-bond donors (Lipinski definition) is 0. The van der Waals surface area contributed by atoms with Crippen molar-refractivity contribution < 1.29 is 4.42 Å². The summed E-state index contributed by atoms with van der Waals surface area (Å²) in [6.45, 7) is 0. The van der Waals surface area contributed by atoms with Gasteiger partial charge >= 0.3 is 0 Å². The van der Waals surface area contributed by atoms with Crippen molar-refractivity contribution in [3.05, 3.63) is 101 Å². The third-order valence-electron chi connectivity index (χ3n) is 7.08. The minimum absolute atomic E-state index is 0.961. The molecule has 0 saturated carbocycles. The lowest BCUT2D eigenvalue weighted by Gasteiger charge is -2.26. The van der Waals surface area contributed by atoms with E-state index in [2.05, 4.69) is 78.9 Å². The zero-order valence-electron chi connectivity index (χ0n) is 17.3. The lowest BCUT2D eigenvalue weighted by atomic mass is 9.78. The summed E-state index contributed by atoms with van der Waals surface area (Å²) in [6.07, 6.45) is 11.7. The fourth-order valence-electron chi connectivity index (χ4n) is 5.62. The van der Waals surface area contributed by atoms with Crippen LogP contribution in [0.15, 0.2) is 77.2 Å². The molecule has 4 aromatic carbocycles. The van der Waals surface area contributed by atoms with Crippen molar-refractivity contribution in [1.29, 1.82) is 0 Å². The summed E-state index contributed by atoms with van der Waals surface area (Å²) in [5.74, 6) is 0. The van der Waals surface area contributed by atoms with Gasteiger partial charge in [0.05, 0.1) is 0 Å². The van der Waals surface area contributed by atoms with Crippen LogP contribution >= 0.6 is 0 Å². The molecule has 1 heteroatoms. The first-order valence-corrected chi connectivity index (χ1v) is 11.2. The van der Waals surface area contributed by atoms with Gasteiger partial charge in [0.25, 0.3) is 0 Å². The van der Waals surface area contributed by atoms with E-state index in [4.69, 9.17) is 4.42 Å². The van der Waals surface area contributed by atoms with Crippen LogP contribution in [0, 0.1) is 0 Å². The summed E-state index contributed by atoms with van der Waals surface area (Å²) >= 11 is 0. The highest BCUT2D eigenvalue weighted by atomic mass is 16.3. The van der Waals surface area contributed by atoms with Crippen LogP contribution in [-0.4, -0.2) is 0 Å². The number of fused-ring (bicyclic) bond motifs is 9. The SMILES string of the molecule is C1=Cc2c(c3c(c4ccccc24)C=C(c2ccc4oc5ccccc5c4c2)CC3)CC1. The van der Waals surface area contributed by atoms with E-state index < -0.39 is 0 Å². The second-order valence-electron chi connectivity index (χ2n) is 8.75. The molecule has 0 N–H and O–H groups in total. The Kier molecular flexibility index (Phi) is 3.57. The van der Waals surface area contributed by atoms with Gasteiger partial charge in [-0.2, -0.15) is 0 Å². The molecule has 148 valence electrons. The summed E-state index contributed by atoms with van der Waals surface area (Å²) < 4.78 is 6.04. The molecule has 0 radical (unpaired) electrons. The molecule has 0 spiro atoms. The molecule has 7 rings (SSSR count). The standard InChI is InChI=1S/C30H22O/c1-2-9-23-21(7-1)22-8-3-4-10-24(22)27-17-19(13-15-25(23)27)20-14-16-30-28(18-20)26-11-5-6-12-29(26)31-30/h1,3-8,10-12,14,16-18H,2,9,13,15H2. The van der Waals surface area contributed by atoms with Gasteiger partial charge in [-0.3, -0.25) is 0 Å². The predicted molar refractivity (Wildman–Crippen MR) is 131 cm³/mol. The molecule has 2 aliphatic rings.